The van der Waals surface area contributed by atoms with Crippen molar-refractivity contribution in [3.63, 3.8) is 0 Å². The van der Waals surface area contributed by atoms with Gasteiger partial charge in [0.25, 0.3) is 5.91 Å². The molecule has 2 aromatic carbocycles. The fourth-order valence-corrected chi connectivity index (χ4v) is 3.10. The minimum atomic E-state index is -0.554. The minimum Gasteiger partial charge on any atom is -0.482 e. The Hall–Kier alpha value is -2.41. The molecule has 0 unspecified atom stereocenters. The van der Waals surface area contributed by atoms with Gasteiger partial charge in [0, 0.05) is 4.47 Å². The molecule has 3 rings (SSSR count). The van der Waals surface area contributed by atoms with Crippen LogP contribution < -0.4 is 15.0 Å². The van der Waals surface area contributed by atoms with Gasteiger partial charge < -0.3 is 10.1 Å². The van der Waals surface area contributed by atoms with E-state index in [0.717, 1.165) is 5.56 Å². The molecule has 0 atom stereocenters. The van der Waals surface area contributed by atoms with Crippen molar-refractivity contribution in [2.24, 2.45) is 0 Å². The van der Waals surface area contributed by atoms with Gasteiger partial charge in [-0.2, -0.15) is 0 Å². The maximum atomic E-state index is 13.9. The van der Waals surface area contributed by atoms with Crippen molar-refractivity contribution in [1.82, 2.24) is 0 Å². The largest absolute Gasteiger partial charge is 0.482 e. The lowest BCUT2D eigenvalue weighted by Crippen LogP contribution is -2.43. The van der Waals surface area contributed by atoms with Gasteiger partial charge in [0.05, 0.1) is 11.4 Å². The average Bonchev–Trinajstić information content (AvgIpc) is 2.59. The van der Waals surface area contributed by atoms with Crippen LogP contribution in [0.25, 0.3) is 0 Å². The summed E-state index contributed by atoms with van der Waals surface area (Å²) in [6.07, 6.45) is 0. The quantitative estimate of drug-likeness (QED) is 0.785. The molecule has 0 fully saturated rings. The van der Waals surface area contributed by atoms with Crippen molar-refractivity contribution in [3.8, 4) is 5.75 Å². The van der Waals surface area contributed by atoms with Gasteiger partial charge in [-0.25, -0.2) is 4.39 Å². The topological polar surface area (TPSA) is 58.6 Å². The smallest absolute Gasteiger partial charge is 0.265 e. The molecular weight excluding hydrogens is 415 g/mol. The number of anilines is 2. The zero-order valence-electron chi connectivity index (χ0n) is 15.3. The van der Waals surface area contributed by atoms with Gasteiger partial charge in [-0.05, 0) is 41.3 Å². The summed E-state index contributed by atoms with van der Waals surface area (Å²) in [7, 11) is 0. The van der Waals surface area contributed by atoms with E-state index in [2.05, 4.69) is 42.0 Å². The van der Waals surface area contributed by atoms with Crippen LogP contribution in [-0.2, 0) is 15.0 Å². The number of carbonyl (C=O) groups is 2. The van der Waals surface area contributed by atoms with E-state index in [1.54, 1.807) is 12.1 Å². The standard InChI is InChI=1S/C20H20BrFN2O3/c1-20(2,3)12-4-7-16-17(8-12)27-11-19(26)24(16)10-18(25)23-15-6-5-13(21)9-14(15)22/h4-9H,10-11H2,1-3H3,(H,23,25). The van der Waals surface area contributed by atoms with Crippen molar-refractivity contribution in [2.45, 2.75) is 26.2 Å². The Labute approximate surface area is 165 Å². The lowest BCUT2D eigenvalue weighted by molar-refractivity contribution is -0.123. The van der Waals surface area contributed by atoms with Crippen LogP contribution in [0.4, 0.5) is 15.8 Å². The highest BCUT2D eigenvalue weighted by molar-refractivity contribution is 9.10. The van der Waals surface area contributed by atoms with E-state index < -0.39 is 11.7 Å². The van der Waals surface area contributed by atoms with E-state index >= 15 is 0 Å². The van der Waals surface area contributed by atoms with Gasteiger partial charge >= 0.3 is 0 Å². The SMILES string of the molecule is CC(C)(C)c1ccc2c(c1)OCC(=O)N2CC(=O)Nc1ccc(Br)cc1F. The molecule has 1 N–H and O–H groups in total. The molecule has 1 aliphatic rings. The maximum absolute atomic E-state index is 13.9. The van der Waals surface area contributed by atoms with Gasteiger partial charge in [-0.3, -0.25) is 14.5 Å². The highest BCUT2D eigenvalue weighted by Crippen LogP contribution is 2.36. The molecule has 5 nitrogen and oxygen atoms in total. The Morgan fingerprint density at radius 1 is 1.26 bits per heavy atom. The van der Waals surface area contributed by atoms with Gasteiger partial charge in [0.2, 0.25) is 5.91 Å². The molecule has 142 valence electrons. The number of nitrogens with one attached hydrogen (secondary N) is 1. The van der Waals surface area contributed by atoms with E-state index in [1.165, 1.54) is 17.0 Å². The number of hydrogen-bond acceptors (Lipinski definition) is 3. The number of carbonyl (C=O) groups excluding carboxylic acids is 2. The third-order valence-corrected chi connectivity index (χ3v) is 4.77. The highest BCUT2D eigenvalue weighted by atomic mass is 79.9. The van der Waals surface area contributed by atoms with E-state index in [1.807, 2.05) is 12.1 Å². The van der Waals surface area contributed by atoms with E-state index in [4.69, 9.17) is 4.74 Å². The second-order valence-corrected chi connectivity index (χ2v) is 8.29. The number of halogens is 2. The summed E-state index contributed by atoms with van der Waals surface area (Å²) < 4.78 is 20.0. The number of ether oxygens (including phenoxy) is 1. The van der Waals surface area contributed by atoms with Gasteiger partial charge in [0.1, 0.15) is 18.1 Å². The molecule has 0 saturated carbocycles. The molecular formula is C20H20BrFN2O3. The van der Waals surface area contributed by atoms with Gasteiger partial charge in [-0.1, -0.05) is 42.8 Å². The number of fused-ring (bicyclic) bond motifs is 1. The Morgan fingerprint density at radius 3 is 2.67 bits per heavy atom. The summed E-state index contributed by atoms with van der Waals surface area (Å²) in [6.45, 7) is 5.89. The molecule has 0 bridgehead atoms. The van der Waals surface area contributed by atoms with Crippen LogP contribution in [0.3, 0.4) is 0 Å². The number of rotatable bonds is 3. The number of nitrogens with zero attached hydrogens (tertiary/aromatic N) is 1. The molecule has 7 heteroatoms. The van der Waals surface area contributed by atoms with Crippen molar-refractivity contribution >= 4 is 39.1 Å². The Bertz CT molecular complexity index is 909. The number of benzene rings is 2. The predicted molar refractivity (Wildman–Crippen MR) is 106 cm³/mol. The minimum absolute atomic E-state index is 0.0622. The predicted octanol–water partition coefficient (Wildman–Crippen LogP) is 4.25. The van der Waals surface area contributed by atoms with Crippen molar-refractivity contribution < 1.29 is 18.7 Å². The Balaban J connectivity index is 1.80. The molecule has 0 saturated heterocycles. The van der Waals surface area contributed by atoms with Crippen LogP contribution in [0.5, 0.6) is 5.75 Å². The van der Waals surface area contributed by atoms with E-state index in [9.17, 15) is 14.0 Å². The van der Waals surface area contributed by atoms with Crippen LogP contribution in [-0.4, -0.2) is 25.0 Å². The van der Waals surface area contributed by atoms with Crippen LogP contribution >= 0.6 is 15.9 Å². The fourth-order valence-electron chi connectivity index (χ4n) is 2.77. The van der Waals surface area contributed by atoms with Gasteiger partial charge in [0.15, 0.2) is 6.61 Å². The molecule has 2 amide bonds. The van der Waals surface area contributed by atoms with Crippen LogP contribution in [0.2, 0.25) is 0 Å². The Kier molecular flexibility index (Phi) is 5.24. The van der Waals surface area contributed by atoms with E-state index in [0.29, 0.717) is 15.9 Å². The Morgan fingerprint density at radius 2 is 2.00 bits per heavy atom. The number of hydrogen-bond donors (Lipinski definition) is 1. The molecule has 2 aromatic rings. The monoisotopic (exact) mass is 434 g/mol. The third-order valence-electron chi connectivity index (χ3n) is 4.28. The van der Waals surface area contributed by atoms with Crippen molar-refractivity contribution in [1.29, 1.82) is 0 Å². The molecule has 0 spiro atoms. The number of amides is 2. The van der Waals surface area contributed by atoms with Crippen molar-refractivity contribution in [3.05, 3.63) is 52.3 Å². The third kappa shape index (κ3) is 4.30. The lowest BCUT2D eigenvalue weighted by Gasteiger charge is -2.30. The zero-order valence-corrected chi connectivity index (χ0v) is 16.9. The molecule has 1 heterocycles. The summed E-state index contributed by atoms with van der Waals surface area (Å²) >= 11 is 3.17. The second kappa shape index (κ2) is 7.31. The molecule has 27 heavy (non-hydrogen) atoms. The van der Waals surface area contributed by atoms with Crippen LogP contribution in [0.15, 0.2) is 40.9 Å². The van der Waals surface area contributed by atoms with Gasteiger partial charge in [-0.15, -0.1) is 0 Å². The first kappa shape index (κ1) is 19.4. The molecule has 1 aliphatic heterocycles. The van der Waals surface area contributed by atoms with E-state index in [-0.39, 0.29) is 30.2 Å². The fraction of sp³-hybridized carbons (Fsp3) is 0.300. The van der Waals surface area contributed by atoms with Crippen molar-refractivity contribution in [2.75, 3.05) is 23.4 Å². The summed E-state index contributed by atoms with van der Waals surface area (Å²) in [6, 6.07) is 9.93. The first-order valence-corrected chi connectivity index (χ1v) is 9.27. The molecule has 0 radical (unpaired) electrons. The first-order chi connectivity index (χ1) is 12.6. The second-order valence-electron chi connectivity index (χ2n) is 7.37. The molecule has 0 aliphatic carbocycles. The average molecular weight is 435 g/mol. The van der Waals surface area contributed by atoms with Crippen LogP contribution in [0, 0.1) is 5.82 Å². The first-order valence-electron chi connectivity index (χ1n) is 8.48. The summed E-state index contributed by atoms with van der Waals surface area (Å²) in [5.41, 5.74) is 1.59. The summed E-state index contributed by atoms with van der Waals surface area (Å²) in [5, 5.41) is 2.50. The summed E-state index contributed by atoms with van der Waals surface area (Å²) in [5.74, 6) is -0.805. The summed E-state index contributed by atoms with van der Waals surface area (Å²) in [4.78, 5) is 26.0. The maximum Gasteiger partial charge on any atom is 0.265 e. The normalized spacial score (nSPS) is 13.8. The van der Waals surface area contributed by atoms with Crippen LogP contribution in [0.1, 0.15) is 26.3 Å². The lowest BCUT2D eigenvalue weighted by atomic mass is 9.86. The molecule has 0 aromatic heterocycles. The highest BCUT2D eigenvalue weighted by Gasteiger charge is 2.29. The zero-order chi connectivity index (χ0) is 19.8.